The summed E-state index contributed by atoms with van der Waals surface area (Å²) in [6, 6.07) is 6.52. The van der Waals surface area contributed by atoms with Crippen molar-refractivity contribution in [3.05, 3.63) is 35.9 Å². The zero-order chi connectivity index (χ0) is 51.7. The standard InChI is InChI=1S/C51H84N8O9S/c1-15-33(6)46(57(11)51(66)43(31(2)3)53-49(64)45(32(4)5)56(9)10)38(67-12)29-41(61)58-28-22-25-37(58)47(68-13)34(7)48(63)52-35(8)44(36-23-18-16-19-24-36)55-54-40(60)26-20-17-21-27-59-42(62)30-39(69-14)50(59)65/h16,18-19,23-24,31-35,37-39,43,45-47H,15,17,20-22,25-30H2,1-14H3,(H,52,63)(H,53,64)(H,54,60)/b55-44-/t33-,34+,35+,37-,38+,39?,43-,45-,46-,47+/m0/s1. The third kappa shape index (κ3) is 16.1. The van der Waals surface area contributed by atoms with Gasteiger partial charge in [0.1, 0.15) is 6.04 Å². The molecule has 3 N–H and O–H groups in total. The molecule has 0 aromatic heterocycles. The second-order valence-electron chi connectivity index (χ2n) is 19.7. The maximum absolute atomic E-state index is 14.4. The number of likely N-dealkylation sites (tertiary alicyclic amines) is 2. The molecule has 0 saturated carbocycles. The first-order valence-electron chi connectivity index (χ1n) is 24.8. The summed E-state index contributed by atoms with van der Waals surface area (Å²) in [7, 11) is 8.52. The van der Waals surface area contributed by atoms with Gasteiger partial charge in [-0.15, -0.1) is 0 Å². The maximum atomic E-state index is 14.4. The van der Waals surface area contributed by atoms with E-state index in [0.717, 1.165) is 0 Å². The van der Waals surface area contributed by atoms with Crippen LogP contribution in [0.5, 0.6) is 0 Å². The Morgan fingerprint density at radius 1 is 0.884 bits per heavy atom. The zero-order valence-corrected chi connectivity index (χ0v) is 44.7. The number of methoxy groups -OCH3 is 2. The first-order chi connectivity index (χ1) is 32.6. The van der Waals surface area contributed by atoms with E-state index in [4.69, 9.17) is 9.47 Å². The molecule has 0 spiro atoms. The van der Waals surface area contributed by atoms with Crippen molar-refractivity contribution < 1.29 is 43.0 Å². The summed E-state index contributed by atoms with van der Waals surface area (Å²) in [5, 5.41) is 10.3. The van der Waals surface area contributed by atoms with Crippen molar-refractivity contribution in [3.8, 4) is 0 Å². The number of ether oxygens (including phenoxy) is 2. The Kier molecular flexibility index (Phi) is 24.3. The Hall–Kier alpha value is -4.39. The van der Waals surface area contributed by atoms with Crippen molar-refractivity contribution in [2.75, 3.05) is 54.7 Å². The van der Waals surface area contributed by atoms with Crippen LogP contribution >= 0.6 is 11.8 Å². The molecule has 3 rings (SSSR count). The summed E-state index contributed by atoms with van der Waals surface area (Å²) in [5.74, 6) is -2.47. The molecule has 17 nitrogen and oxygen atoms in total. The highest BCUT2D eigenvalue weighted by atomic mass is 32.2. The highest BCUT2D eigenvalue weighted by molar-refractivity contribution is 8.00. The van der Waals surface area contributed by atoms with Gasteiger partial charge in [-0.1, -0.05) is 91.6 Å². The average molecular weight is 985 g/mol. The van der Waals surface area contributed by atoms with Gasteiger partial charge in [0, 0.05) is 47.2 Å². The average Bonchev–Trinajstić information content (AvgIpc) is 3.90. The van der Waals surface area contributed by atoms with Gasteiger partial charge in [-0.2, -0.15) is 16.9 Å². The van der Waals surface area contributed by atoms with Crippen LogP contribution in [0.2, 0.25) is 0 Å². The third-order valence-corrected chi connectivity index (χ3v) is 14.8. The van der Waals surface area contributed by atoms with Gasteiger partial charge in [0.25, 0.3) is 0 Å². The van der Waals surface area contributed by atoms with Gasteiger partial charge < -0.3 is 29.9 Å². The molecule has 1 unspecified atom stereocenters. The third-order valence-electron chi connectivity index (χ3n) is 13.9. The highest BCUT2D eigenvalue weighted by Crippen LogP contribution is 2.30. The Balaban J connectivity index is 1.71. The van der Waals surface area contributed by atoms with Crippen LogP contribution in [0.3, 0.4) is 0 Å². The van der Waals surface area contributed by atoms with Crippen LogP contribution in [0.1, 0.15) is 119 Å². The maximum Gasteiger partial charge on any atom is 0.245 e. The Morgan fingerprint density at radius 2 is 1.55 bits per heavy atom. The number of carbonyl (C=O) groups is 7. The lowest BCUT2D eigenvalue weighted by atomic mass is 9.89. The lowest BCUT2D eigenvalue weighted by molar-refractivity contribution is -0.148. The number of nitrogens with zero attached hydrogens (tertiary/aromatic N) is 5. The minimum Gasteiger partial charge on any atom is -0.379 e. The van der Waals surface area contributed by atoms with Gasteiger partial charge in [0.2, 0.25) is 41.4 Å². The molecule has 2 saturated heterocycles. The van der Waals surface area contributed by atoms with Gasteiger partial charge in [-0.3, -0.25) is 43.4 Å². The number of nitrogens with one attached hydrogen (secondary N) is 3. The normalized spacial score (nSPS) is 20.1. The van der Waals surface area contributed by atoms with Gasteiger partial charge in [0.05, 0.1) is 59.7 Å². The largest absolute Gasteiger partial charge is 0.379 e. The van der Waals surface area contributed by atoms with E-state index >= 15 is 0 Å². The first kappa shape index (κ1) is 58.9. The van der Waals surface area contributed by atoms with Crippen molar-refractivity contribution in [1.82, 2.24) is 35.7 Å². The molecule has 1 aromatic rings. The fourth-order valence-electron chi connectivity index (χ4n) is 9.83. The van der Waals surface area contributed by atoms with Crippen molar-refractivity contribution >= 4 is 58.8 Å². The molecule has 0 aliphatic carbocycles. The molecule has 10 atom stereocenters. The van der Waals surface area contributed by atoms with E-state index in [1.807, 2.05) is 97.1 Å². The van der Waals surface area contributed by atoms with Crippen LogP contribution in [0, 0.1) is 23.7 Å². The van der Waals surface area contributed by atoms with Gasteiger partial charge in [-0.05, 0) is 76.3 Å². The van der Waals surface area contributed by atoms with Gasteiger partial charge in [-0.25, -0.2) is 5.43 Å². The monoisotopic (exact) mass is 985 g/mol. The van der Waals surface area contributed by atoms with Crippen LogP contribution in [0.15, 0.2) is 35.4 Å². The summed E-state index contributed by atoms with van der Waals surface area (Å²) in [5.41, 5.74) is 3.82. The summed E-state index contributed by atoms with van der Waals surface area (Å²) in [6.07, 6.45) is 4.77. The molecule has 0 radical (unpaired) electrons. The van der Waals surface area contributed by atoms with Gasteiger partial charge >= 0.3 is 0 Å². The molecule has 2 heterocycles. The lowest BCUT2D eigenvalue weighted by Crippen LogP contribution is -2.59. The summed E-state index contributed by atoms with van der Waals surface area (Å²) >= 11 is 1.39. The molecule has 18 heteroatoms. The number of amides is 7. The SMILES string of the molecule is CC[C@H](C)[C@@H]([C@@H](CC(=O)N1CCC[C@H]1[C@H](OC)[C@@H](C)C(=O)N[C@H](C)/C(=N/NC(=O)CCCCCN1C(=O)CC(SC)C1=O)c1ccccc1)OC)N(C)C(=O)[C@@H](NC(=O)[C@H](C(C)C)N(C)C)C(C)C. The second kappa shape index (κ2) is 28.5. The van der Waals surface area contributed by atoms with E-state index in [1.165, 1.54) is 16.7 Å². The number of hydrogen-bond acceptors (Lipinski definition) is 12. The number of unbranched alkanes of at least 4 members (excludes halogenated alkanes) is 2. The van der Waals surface area contributed by atoms with E-state index in [-0.39, 0.29) is 83.6 Å². The molecular formula is C51H84N8O9S. The van der Waals surface area contributed by atoms with Crippen molar-refractivity contribution in [2.24, 2.45) is 28.8 Å². The molecule has 2 fully saturated rings. The summed E-state index contributed by atoms with van der Waals surface area (Å²) in [4.78, 5) is 101. The predicted molar refractivity (Wildman–Crippen MR) is 271 cm³/mol. The molecular weight excluding hydrogens is 901 g/mol. The van der Waals surface area contributed by atoms with Crippen LogP contribution in [0.4, 0.5) is 0 Å². The van der Waals surface area contributed by atoms with E-state index in [2.05, 4.69) is 21.2 Å². The summed E-state index contributed by atoms with van der Waals surface area (Å²) in [6.45, 7) is 16.2. The molecule has 0 bridgehead atoms. The number of imide groups is 1. The Morgan fingerprint density at radius 3 is 2.10 bits per heavy atom. The van der Waals surface area contributed by atoms with Crippen LogP contribution in [-0.2, 0) is 43.0 Å². The van der Waals surface area contributed by atoms with Crippen LogP contribution in [0.25, 0.3) is 0 Å². The van der Waals surface area contributed by atoms with E-state index in [0.29, 0.717) is 62.9 Å². The highest BCUT2D eigenvalue weighted by Gasteiger charge is 2.44. The minimum atomic E-state index is -0.790. The van der Waals surface area contributed by atoms with E-state index in [1.54, 1.807) is 44.9 Å². The zero-order valence-electron chi connectivity index (χ0n) is 43.9. The lowest BCUT2D eigenvalue weighted by Gasteiger charge is -2.41. The summed E-state index contributed by atoms with van der Waals surface area (Å²) < 4.78 is 12.1. The molecule has 388 valence electrons. The molecule has 7 amide bonds. The van der Waals surface area contributed by atoms with Crippen LogP contribution < -0.4 is 16.1 Å². The topological polar surface area (TPSA) is 199 Å². The smallest absolute Gasteiger partial charge is 0.245 e. The number of hydrogen-bond donors (Lipinski definition) is 3. The Labute approximate surface area is 416 Å². The number of rotatable bonds is 28. The van der Waals surface area contributed by atoms with E-state index < -0.39 is 48.3 Å². The molecule has 1 aromatic carbocycles. The second-order valence-corrected chi connectivity index (χ2v) is 20.8. The number of thioether (sulfide) groups is 1. The number of hydrazone groups is 1. The first-order valence-corrected chi connectivity index (χ1v) is 26.1. The van der Waals surface area contributed by atoms with Crippen molar-refractivity contribution in [1.29, 1.82) is 0 Å². The fraction of sp³-hybridized carbons (Fsp3) is 0.725. The van der Waals surface area contributed by atoms with E-state index in [9.17, 15) is 33.6 Å². The predicted octanol–water partition coefficient (Wildman–Crippen LogP) is 4.71. The fourth-order valence-corrected chi connectivity index (χ4v) is 10.5. The van der Waals surface area contributed by atoms with Crippen molar-refractivity contribution in [3.63, 3.8) is 0 Å². The number of likely N-dealkylation sites (N-methyl/N-ethyl adjacent to an activating group) is 2. The number of benzene rings is 1. The van der Waals surface area contributed by atoms with Crippen molar-refractivity contribution in [2.45, 2.75) is 161 Å². The quantitative estimate of drug-likeness (QED) is 0.0455. The van der Waals surface area contributed by atoms with Gasteiger partial charge in [0.15, 0.2) is 0 Å². The molecule has 2 aliphatic heterocycles. The minimum absolute atomic E-state index is 0.00952. The Bertz CT molecular complexity index is 1890. The van der Waals surface area contributed by atoms with Crippen LogP contribution in [-0.4, -0.2) is 169 Å². The molecule has 69 heavy (non-hydrogen) atoms. The number of carbonyl (C=O) groups excluding carboxylic acids is 7. The molecule has 2 aliphatic rings.